The van der Waals surface area contributed by atoms with Crippen LogP contribution < -0.4 is 16.0 Å². The fourth-order valence-electron chi connectivity index (χ4n) is 4.98. The molecule has 1 heterocycles. The third-order valence-electron chi connectivity index (χ3n) is 6.90. The molecule has 1 aromatic heterocycles. The van der Waals surface area contributed by atoms with Crippen LogP contribution in [0.4, 0.5) is 21.6 Å². The summed E-state index contributed by atoms with van der Waals surface area (Å²) in [5, 5.41) is 13.0. The molecule has 1 aliphatic carbocycles. The summed E-state index contributed by atoms with van der Waals surface area (Å²) in [6.07, 6.45) is 7.52. The molecule has 0 atom stereocenters. The number of nitrogens with zero attached hydrogens (tertiary/aromatic N) is 1. The highest BCUT2D eigenvalue weighted by molar-refractivity contribution is 7.80. The number of aromatic nitrogens is 1. The van der Waals surface area contributed by atoms with Crippen LogP contribution >= 0.6 is 12.2 Å². The van der Waals surface area contributed by atoms with E-state index in [0.29, 0.717) is 5.11 Å². The second kappa shape index (κ2) is 10.4. The minimum absolute atomic E-state index is 0.0242. The van der Waals surface area contributed by atoms with E-state index in [4.69, 9.17) is 12.2 Å². The molecule has 0 bridgehead atoms. The molecule has 35 heavy (non-hydrogen) atoms. The van der Waals surface area contributed by atoms with Crippen molar-refractivity contribution in [3.8, 4) is 0 Å². The Morgan fingerprint density at radius 3 is 2.34 bits per heavy atom. The van der Waals surface area contributed by atoms with Gasteiger partial charge in [0, 0.05) is 17.6 Å². The van der Waals surface area contributed by atoms with Gasteiger partial charge in [-0.15, -0.1) is 0 Å². The molecule has 4 aromatic rings. The zero-order valence-corrected chi connectivity index (χ0v) is 20.4. The highest BCUT2D eigenvalue weighted by Crippen LogP contribution is 2.39. The number of anilines is 3. The molecule has 0 amide bonds. The summed E-state index contributed by atoms with van der Waals surface area (Å²) < 4.78 is 13.5. The normalized spacial score (nSPS) is 14.9. The van der Waals surface area contributed by atoms with Gasteiger partial charge in [-0.3, -0.25) is 0 Å². The Hall–Kier alpha value is -3.51. The van der Waals surface area contributed by atoms with Crippen LogP contribution in [0.15, 0.2) is 85.1 Å². The standard InChI is InChI=1S/C29H29FN4S/c30-24-11-9-23(10-12-24)29(16-4-1-5-17-29)20-32-28(35)34-26-14-15-27(31-19-26)33-25-13-8-21-6-2-3-7-22(21)18-25/h2-3,6-15,18-19H,1,4-5,16-17,20H2,(H,31,33)(H2,32,34,35). The minimum atomic E-state index is -0.198. The molecule has 1 fully saturated rings. The number of nitrogens with one attached hydrogen (secondary N) is 3. The molecule has 3 N–H and O–H groups in total. The lowest BCUT2D eigenvalue weighted by atomic mass is 9.69. The molecule has 0 unspecified atom stereocenters. The van der Waals surface area contributed by atoms with E-state index in [2.05, 4.69) is 51.3 Å². The fraction of sp³-hybridized carbons (Fsp3) is 0.241. The monoisotopic (exact) mass is 484 g/mol. The van der Waals surface area contributed by atoms with Gasteiger partial charge in [0.05, 0.1) is 11.9 Å². The Labute approximate surface area is 211 Å². The number of hydrogen-bond acceptors (Lipinski definition) is 3. The van der Waals surface area contributed by atoms with Crippen LogP contribution in [-0.2, 0) is 5.41 Å². The van der Waals surface area contributed by atoms with Gasteiger partial charge in [0.15, 0.2) is 5.11 Å². The molecule has 3 aromatic carbocycles. The summed E-state index contributed by atoms with van der Waals surface area (Å²) >= 11 is 5.58. The van der Waals surface area contributed by atoms with Crippen molar-refractivity contribution in [2.24, 2.45) is 0 Å². The van der Waals surface area contributed by atoms with Crippen molar-refractivity contribution in [3.63, 3.8) is 0 Å². The molecule has 5 rings (SSSR count). The van der Waals surface area contributed by atoms with Gasteiger partial charge >= 0.3 is 0 Å². The zero-order chi connectivity index (χ0) is 24.1. The number of hydrogen-bond donors (Lipinski definition) is 3. The lowest BCUT2D eigenvalue weighted by Crippen LogP contribution is -2.43. The number of halogens is 1. The molecular formula is C29H29FN4S. The largest absolute Gasteiger partial charge is 0.362 e. The SMILES string of the molecule is Fc1ccc(C2(CNC(=S)Nc3ccc(Nc4ccc5ccccc5c4)nc3)CCCCC2)cc1. The van der Waals surface area contributed by atoms with E-state index in [9.17, 15) is 4.39 Å². The Kier molecular flexibility index (Phi) is 6.91. The van der Waals surface area contributed by atoms with E-state index in [1.54, 1.807) is 18.3 Å². The Bertz CT molecular complexity index is 1300. The highest BCUT2D eigenvalue weighted by Gasteiger charge is 2.34. The van der Waals surface area contributed by atoms with Crippen molar-refractivity contribution in [2.45, 2.75) is 37.5 Å². The van der Waals surface area contributed by atoms with Crippen LogP contribution in [-0.4, -0.2) is 16.6 Å². The lowest BCUT2D eigenvalue weighted by molar-refractivity contribution is 0.292. The quantitative estimate of drug-likeness (QED) is 0.251. The van der Waals surface area contributed by atoms with Crippen LogP contribution in [0.2, 0.25) is 0 Å². The summed E-state index contributed by atoms with van der Waals surface area (Å²) in [7, 11) is 0. The number of rotatable bonds is 6. The first-order valence-electron chi connectivity index (χ1n) is 12.1. The van der Waals surface area contributed by atoms with E-state index >= 15 is 0 Å². The van der Waals surface area contributed by atoms with Crippen LogP contribution in [0.5, 0.6) is 0 Å². The minimum Gasteiger partial charge on any atom is -0.362 e. The van der Waals surface area contributed by atoms with E-state index < -0.39 is 0 Å². The van der Waals surface area contributed by atoms with Crippen molar-refractivity contribution < 1.29 is 4.39 Å². The summed E-state index contributed by atoms with van der Waals surface area (Å²) in [6.45, 7) is 0.722. The predicted octanol–water partition coefficient (Wildman–Crippen LogP) is 7.31. The van der Waals surface area contributed by atoms with Gasteiger partial charge < -0.3 is 16.0 Å². The number of thiocarbonyl (C=S) groups is 1. The van der Waals surface area contributed by atoms with Gasteiger partial charge in [-0.1, -0.05) is 61.7 Å². The van der Waals surface area contributed by atoms with Crippen LogP contribution in [0.3, 0.4) is 0 Å². The zero-order valence-electron chi connectivity index (χ0n) is 19.6. The number of fused-ring (bicyclic) bond motifs is 1. The van der Waals surface area contributed by atoms with Gasteiger partial charge in [-0.2, -0.15) is 0 Å². The van der Waals surface area contributed by atoms with Gasteiger partial charge in [0.25, 0.3) is 0 Å². The summed E-state index contributed by atoms with van der Waals surface area (Å²) in [5.41, 5.74) is 2.97. The molecule has 6 heteroatoms. The maximum atomic E-state index is 13.5. The first-order valence-corrected chi connectivity index (χ1v) is 12.5. The highest BCUT2D eigenvalue weighted by atomic mass is 32.1. The van der Waals surface area contributed by atoms with Crippen molar-refractivity contribution in [1.29, 1.82) is 0 Å². The van der Waals surface area contributed by atoms with E-state index in [1.807, 2.05) is 36.4 Å². The molecule has 0 aliphatic heterocycles. The average Bonchev–Trinajstić information content (AvgIpc) is 2.89. The van der Waals surface area contributed by atoms with Crippen molar-refractivity contribution >= 4 is 45.3 Å². The molecular weight excluding hydrogens is 455 g/mol. The third-order valence-corrected chi connectivity index (χ3v) is 7.14. The summed E-state index contributed by atoms with van der Waals surface area (Å²) in [4.78, 5) is 4.53. The van der Waals surface area contributed by atoms with Crippen molar-refractivity contribution in [1.82, 2.24) is 10.3 Å². The van der Waals surface area contributed by atoms with Crippen LogP contribution in [0.25, 0.3) is 10.8 Å². The molecule has 1 aliphatic rings. The maximum Gasteiger partial charge on any atom is 0.170 e. The van der Waals surface area contributed by atoms with Crippen molar-refractivity contribution in [3.05, 3.63) is 96.4 Å². The first-order chi connectivity index (χ1) is 17.1. The molecule has 0 saturated heterocycles. The smallest absolute Gasteiger partial charge is 0.170 e. The third kappa shape index (κ3) is 5.60. The number of pyridine rings is 1. The first kappa shape index (κ1) is 23.2. The Morgan fingerprint density at radius 2 is 1.60 bits per heavy atom. The van der Waals surface area contributed by atoms with Gasteiger partial charge in [0.1, 0.15) is 11.6 Å². The summed E-state index contributed by atoms with van der Waals surface area (Å²) in [5.74, 6) is 0.568. The van der Waals surface area contributed by atoms with Gasteiger partial charge in [0.2, 0.25) is 0 Å². The molecule has 4 nitrogen and oxygen atoms in total. The number of benzene rings is 3. The molecule has 0 radical (unpaired) electrons. The maximum absolute atomic E-state index is 13.5. The Balaban J connectivity index is 1.19. The van der Waals surface area contributed by atoms with E-state index in [-0.39, 0.29) is 11.2 Å². The van der Waals surface area contributed by atoms with Crippen LogP contribution in [0, 0.1) is 5.82 Å². The lowest BCUT2D eigenvalue weighted by Gasteiger charge is -2.38. The molecule has 0 spiro atoms. The average molecular weight is 485 g/mol. The topological polar surface area (TPSA) is 49.0 Å². The van der Waals surface area contributed by atoms with Crippen LogP contribution in [0.1, 0.15) is 37.7 Å². The second-order valence-corrected chi connectivity index (χ2v) is 9.68. The van der Waals surface area contributed by atoms with E-state index in [1.165, 1.54) is 35.6 Å². The van der Waals surface area contributed by atoms with Gasteiger partial charge in [-0.25, -0.2) is 9.37 Å². The summed E-state index contributed by atoms with van der Waals surface area (Å²) in [6, 6.07) is 25.4. The van der Waals surface area contributed by atoms with Gasteiger partial charge in [-0.05, 0) is 77.8 Å². The fourth-order valence-corrected chi connectivity index (χ4v) is 5.17. The molecule has 1 saturated carbocycles. The predicted molar refractivity (Wildman–Crippen MR) is 147 cm³/mol. The van der Waals surface area contributed by atoms with Crippen molar-refractivity contribution in [2.75, 3.05) is 17.2 Å². The Morgan fingerprint density at radius 1 is 0.857 bits per heavy atom. The second-order valence-electron chi connectivity index (χ2n) is 9.27. The molecule has 178 valence electrons. The van der Waals surface area contributed by atoms with E-state index in [0.717, 1.165) is 36.6 Å².